The number of hydrogen-bond donors (Lipinski definition) is 2. The zero-order valence-corrected chi connectivity index (χ0v) is 12.7. The van der Waals surface area contributed by atoms with Gasteiger partial charge < -0.3 is 5.32 Å². The first-order valence-corrected chi connectivity index (χ1v) is 7.08. The molecule has 2 heterocycles. The molecule has 3 aromatic rings. The zero-order chi connectivity index (χ0) is 14.8. The van der Waals surface area contributed by atoms with Crippen LogP contribution in [0.1, 0.15) is 0 Å². The largest absolute Gasteiger partial charge is 0.388 e. The number of aromatic amines is 1. The lowest BCUT2D eigenvalue weighted by Gasteiger charge is -2.01. The second-order valence-corrected chi connectivity index (χ2v) is 5.27. The number of aromatic nitrogens is 3. The van der Waals surface area contributed by atoms with Gasteiger partial charge in [-0.15, -0.1) is 0 Å². The minimum atomic E-state index is 0.348. The summed E-state index contributed by atoms with van der Waals surface area (Å²) in [5, 5.41) is 11.1. The lowest BCUT2D eigenvalue weighted by molar-refractivity contribution is 1.10. The Kier molecular flexibility index (Phi) is 3.82. The Morgan fingerprint density at radius 3 is 2.24 bits per heavy atom. The van der Waals surface area contributed by atoms with Crippen molar-refractivity contribution in [2.75, 3.05) is 12.4 Å². The van der Waals surface area contributed by atoms with Crippen LogP contribution in [0.3, 0.4) is 0 Å². The highest BCUT2D eigenvalue weighted by Gasteiger charge is 2.08. The summed E-state index contributed by atoms with van der Waals surface area (Å²) >= 11 is 11.8. The van der Waals surface area contributed by atoms with Gasteiger partial charge in [0.15, 0.2) is 0 Å². The van der Waals surface area contributed by atoms with E-state index in [0.717, 1.165) is 28.2 Å². The smallest absolute Gasteiger partial charge is 0.131 e. The molecule has 0 saturated heterocycles. The van der Waals surface area contributed by atoms with E-state index < -0.39 is 0 Å². The maximum absolute atomic E-state index is 5.92. The molecule has 0 aliphatic carbocycles. The molecule has 2 N–H and O–H groups in total. The van der Waals surface area contributed by atoms with Crippen LogP contribution in [0.25, 0.3) is 22.5 Å². The van der Waals surface area contributed by atoms with Crippen LogP contribution in [0, 0.1) is 0 Å². The highest BCUT2D eigenvalue weighted by Crippen LogP contribution is 2.27. The number of nitrogens with one attached hydrogen (secondary N) is 2. The number of halogens is 2. The van der Waals surface area contributed by atoms with Gasteiger partial charge in [-0.3, -0.25) is 5.10 Å². The lowest BCUT2D eigenvalue weighted by Crippen LogP contribution is -1.86. The predicted molar refractivity (Wildman–Crippen MR) is 86.8 cm³/mol. The van der Waals surface area contributed by atoms with Crippen LogP contribution >= 0.6 is 23.2 Å². The maximum atomic E-state index is 5.92. The molecule has 21 heavy (non-hydrogen) atoms. The molecule has 4 nitrogen and oxygen atoms in total. The van der Waals surface area contributed by atoms with E-state index in [9.17, 15) is 0 Å². The number of hydrogen-bond acceptors (Lipinski definition) is 3. The molecule has 2 aromatic heterocycles. The summed E-state index contributed by atoms with van der Waals surface area (Å²) in [6.45, 7) is 0. The highest BCUT2D eigenvalue weighted by molar-refractivity contribution is 6.32. The van der Waals surface area contributed by atoms with Crippen molar-refractivity contribution in [2.45, 2.75) is 0 Å². The minimum absolute atomic E-state index is 0.348. The molecule has 0 amide bonds. The van der Waals surface area contributed by atoms with Gasteiger partial charge in [-0.2, -0.15) is 5.10 Å². The molecule has 0 radical (unpaired) electrons. The Morgan fingerprint density at radius 1 is 0.952 bits per heavy atom. The summed E-state index contributed by atoms with van der Waals surface area (Å²) in [6, 6.07) is 13.5. The van der Waals surface area contributed by atoms with Gasteiger partial charge in [0.25, 0.3) is 0 Å². The van der Waals surface area contributed by atoms with Gasteiger partial charge in [-0.25, -0.2) is 4.98 Å². The number of rotatable bonds is 3. The monoisotopic (exact) mass is 318 g/mol. The topological polar surface area (TPSA) is 53.6 Å². The molecule has 0 spiro atoms. The molecule has 106 valence electrons. The Hall–Kier alpha value is -2.04. The van der Waals surface area contributed by atoms with Gasteiger partial charge in [-0.1, -0.05) is 35.3 Å². The number of benzene rings is 1. The molecule has 6 heteroatoms. The second kappa shape index (κ2) is 5.76. The van der Waals surface area contributed by atoms with E-state index in [-0.39, 0.29) is 0 Å². The molecule has 0 aliphatic heterocycles. The van der Waals surface area contributed by atoms with Crippen LogP contribution in [0.15, 0.2) is 42.5 Å². The van der Waals surface area contributed by atoms with Crippen molar-refractivity contribution in [3.63, 3.8) is 0 Å². The molecule has 1 aromatic carbocycles. The summed E-state index contributed by atoms with van der Waals surface area (Å²) in [5.41, 5.74) is 4.64. The Morgan fingerprint density at radius 2 is 1.62 bits per heavy atom. The molecule has 0 aliphatic rings. The Balaban J connectivity index is 1.95. The van der Waals surface area contributed by atoms with Crippen molar-refractivity contribution in [3.8, 4) is 22.5 Å². The van der Waals surface area contributed by atoms with E-state index in [0.29, 0.717) is 10.3 Å². The van der Waals surface area contributed by atoms with Crippen LogP contribution < -0.4 is 5.32 Å². The molecule has 0 saturated carbocycles. The van der Waals surface area contributed by atoms with E-state index in [4.69, 9.17) is 23.2 Å². The summed E-state index contributed by atoms with van der Waals surface area (Å²) in [7, 11) is 1.89. The maximum Gasteiger partial charge on any atom is 0.131 e. The van der Waals surface area contributed by atoms with Crippen LogP contribution in [-0.4, -0.2) is 22.2 Å². The van der Waals surface area contributed by atoms with Crippen LogP contribution in [-0.2, 0) is 0 Å². The molecule has 0 bridgehead atoms. The van der Waals surface area contributed by atoms with Crippen LogP contribution in [0.4, 0.5) is 5.69 Å². The number of anilines is 1. The fraction of sp³-hybridized carbons (Fsp3) is 0.0667. The Labute approximate surface area is 132 Å². The van der Waals surface area contributed by atoms with Gasteiger partial charge >= 0.3 is 0 Å². The molecular formula is C15H12Cl2N4. The third-order valence-corrected chi connectivity index (χ3v) is 3.51. The van der Waals surface area contributed by atoms with Crippen molar-refractivity contribution in [1.29, 1.82) is 0 Å². The molecule has 0 fully saturated rings. The third kappa shape index (κ3) is 3.01. The van der Waals surface area contributed by atoms with Crippen LogP contribution in [0.5, 0.6) is 0 Å². The highest BCUT2D eigenvalue weighted by atomic mass is 35.5. The van der Waals surface area contributed by atoms with Gasteiger partial charge in [-0.05, 0) is 35.9 Å². The summed E-state index contributed by atoms with van der Waals surface area (Å²) < 4.78 is 0. The zero-order valence-electron chi connectivity index (χ0n) is 11.2. The third-order valence-electron chi connectivity index (χ3n) is 3.12. The SMILES string of the molecule is CNc1ccc(-c2cc(-c3cc(Cl)nc(Cl)c3)n[nH]2)cc1. The predicted octanol–water partition coefficient (Wildman–Crippen LogP) is 4.49. The van der Waals surface area contributed by atoms with E-state index in [2.05, 4.69) is 20.5 Å². The fourth-order valence-electron chi connectivity index (χ4n) is 2.05. The second-order valence-electron chi connectivity index (χ2n) is 4.50. The fourth-order valence-corrected chi connectivity index (χ4v) is 2.51. The van der Waals surface area contributed by atoms with Crippen molar-refractivity contribution in [3.05, 3.63) is 52.8 Å². The standard InChI is InChI=1S/C15H12Cl2N4/c1-18-11-4-2-9(3-5-11)12-8-13(21-20-12)10-6-14(16)19-15(17)7-10/h2-8,18H,1H3,(H,20,21). The molecule has 0 unspecified atom stereocenters. The minimum Gasteiger partial charge on any atom is -0.388 e. The number of pyridine rings is 1. The first-order chi connectivity index (χ1) is 10.2. The number of nitrogens with zero attached hydrogens (tertiary/aromatic N) is 2. The van der Waals surface area contributed by atoms with Crippen molar-refractivity contribution >= 4 is 28.9 Å². The average Bonchev–Trinajstić information content (AvgIpc) is 2.96. The lowest BCUT2D eigenvalue weighted by atomic mass is 10.1. The van der Waals surface area contributed by atoms with Gasteiger partial charge in [0.1, 0.15) is 10.3 Å². The molecule has 0 atom stereocenters. The first kappa shape index (κ1) is 13.9. The Bertz CT molecular complexity index is 745. The van der Waals surface area contributed by atoms with E-state index in [1.807, 2.05) is 37.4 Å². The van der Waals surface area contributed by atoms with E-state index >= 15 is 0 Å². The van der Waals surface area contributed by atoms with Gasteiger partial charge in [0.2, 0.25) is 0 Å². The summed E-state index contributed by atoms with van der Waals surface area (Å²) in [4.78, 5) is 3.93. The quantitative estimate of drug-likeness (QED) is 0.700. The van der Waals surface area contributed by atoms with Crippen LogP contribution in [0.2, 0.25) is 10.3 Å². The summed E-state index contributed by atoms with van der Waals surface area (Å²) in [6.07, 6.45) is 0. The molecule has 3 rings (SSSR count). The first-order valence-electron chi connectivity index (χ1n) is 6.33. The van der Waals surface area contributed by atoms with Crippen molar-refractivity contribution in [2.24, 2.45) is 0 Å². The van der Waals surface area contributed by atoms with Crippen molar-refractivity contribution in [1.82, 2.24) is 15.2 Å². The summed E-state index contributed by atoms with van der Waals surface area (Å²) in [5.74, 6) is 0. The average molecular weight is 319 g/mol. The number of H-pyrrole nitrogens is 1. The van der Waals surface area contributed by atoms with E-state index in [1.165, 1.54) is 0 Å². The van der Waals surface area contributed by atoms with Gasteiger partial charge in [0, 0.05) is 18.3 Å². The molecular weight excluding hydrogens is 307 g/mol. The van der Waals surface area contributed by atoms with Gasteiger partial charge in [0.05, 0.1) is 11.4 Å². The van der Waals surface area contributed by atoms with Crippen molar-refractivity contribution < 1.29 is 0 Å². The van der Waals surface area contributed by atoms with E-state index in [1.54, 1.807) is 12.1 Å². The normalized spacial score (nSPS) is 10.6.